The van der Waals surface area contributed by atoms with E-state index in [1.165, 1.54) is 12.1 Å². The van der Waals surface area contributed by atoms with Gasteiger partial charge in [0.15, 0.2) is 0 Å². The number of carbonyl (C=O) groups excluding carboxylic acids is 2. The van der Waals surface area contributed by atoms with Crippen molar-refractivity contribution in [2.45, 2.75) is 12.8 Å². The van der Waals surface area contributed by atoms with Gasteiger partial charge in [0.2, 0.25) is 5.91 Å². The van der Waals surface area contributed by atoms with E-state index >= 15 is 0 Å². The largest absolute Gasteiger partial charge is 0.361 e. The molecule has 7 heteroatoms. The van der Waals surface area contributed by atoms with Crippen LogP contribution in [0.25, 0.3) is 10.9 Å². The van der Waals surface area contributed by atoms with Crippen LogP contribution in [0.15, 0.2) is 77.4 Å². The quantitative estimate of drug-likeness (QED) is 0.330. The molecule has 3 aromatic carbocycles. The molecule has 0 aliphatic carbocycles. The molecular formula is C25H21BrFN3O2. The maximum Gasteiger partial charge on any atom is 0.255 e. The van der Waals surface area contributed by atoms with Gasteiger partial charge in [0.1, 0.15) is 5.82 Å². The minimum absolute atomic E-state index is 0.0810. The van der Waals surface area contributed by atoms with Crippen LogP contribution < -0.4 is 10.6 Å². The third kappa shape index (κ3) is 5.42. The molecule has 4 rings (SSSR count). The number of aromatic nitrogens is 1. The molecule has 1 heterocycles. The van der Waals surface area contributed by atoms with Crippen LogP contribution in [0.3, 0.4) is 0 Å². The van der Waals surface area contributed by atoms with Crippen LogP contribution in [0.5, 0.6) is 0 Å². The van der Waals surface area contributed by atoms with Crippen molar-refractivity contribution in [1.82, 2.24) is 10.3 Å². The van der Waals surface area contributed by atoms with E-state index in [1.807, 2.05) is 30.5 Å². The summed E-state index contributed by atoms with van der Waals surface area (Å²) in [7, 11) is 0. The van der Waals surface area contributed by atoms with Crippen LogP contribution in [0.4, 0.5) is 10.1 Å². The zero-order valence-corrected chi connectivity index (χ0v) is 18.7. The Morgan fingerprint density at radius 2 is 1.72 bits per heavy atom. The van der Waals surface area contributed by atoms with Crippen molar-refractivity contribution >= 4 is 44.3 Å². The third-order valence-electron chi connectivity index (χ3n) is 5.13. The fraction of sp³-hybridized carbons (Fsp3) is 0.120. The summed E-state index contributed by atoms with van der Waals surface area (Å²) in [6.45, 7) is 0.491. The van der Waals surface area contributed by atoms with Crippen molar-refractivity contribution in [1.29, 1.82) is 0 Å². The minimum Gasteiger partial charge on any atom is -0.361 e. The van der Waals surface area contributed by atoms with Crippen LogP contribution >= 0.6 is 15.9 Å². The van der Waals surface area contributed by atoms with Crippen molar-refractivity contribution in [3.05, 3.63) is 99.9 Å². The Labute approximate surface area is 193 Å². The summed E-state index contributed by atoms with van der Waals surface area (Å²) >= 11 is 3.35. The first kappa shape index (κ1) is 21.8. The van der Waals surface area contributed by atoms with E-state index in [0.717, 1.165) is 26.5 Å². The molecule has 0 spiro atoms. The number of hydrogen-bond acceptors (Lipinski definition) is 2. The SMILES string of the molecule is O=C(Cc1ccc(NC(=O)c2ccc(Br)cc2)cc1)NCCc1c[nH]c2cc(F)ccc12. The predicted octanol–water partition coefficient (Wildman–Crippen LogP) is 5.22. The first-order valence-electron chi connectivity index (χ1n) is 10.2. The fourth-order valence-corrected chi connectivity index (χ4v) is 3.72. The van der Waals surface area contributed by atoms with E-state index in [1.54, 1.807) is 30.3 Å². The smallest absolute Gasteiger partial charge is 0.255 e. The number of rotatable bonds is 7. The van der Waals surface area contributed by atoms with Crippen LogP contribution in [-0.2, 0) is 17.6 Å². The summed E-state index contributed by atoms with van der Waals surface area (Å²) in [6, 6.07) is 19.0. The summed E-state index contributed by atoms with van der Waals surface area (Å²) < 4.78 is 14.2. The first-order valence-corrected chi connectivity index (χ1v) is 11.0. The molecule has 0 unspecified atom stereocenters. The molecule has 5 nitrogen and oxygen atoms in total. The van der Waals surface area contributed by atoms with Gasteiger partial charge in [0.05, 0.1) is 6.42 Å². The van der Waals surface area contributed by atoms with E-state index in [4.69, 9.17) is 0 Å². The first-order chi connectivity index (χ1) is 15.5. The maximum absolute atomic E-state index is 13.3. The lowest BCUT2D eigenvalue weighted by atomic mass is 10.1. The van der Waals surface area contributed by atoms with Crippen LogP contribution in [-0.4, -0.2) is 23.3 Å². The predicted molar refractivity (Wildman–Crippen MR) is 127 cm³/mol. The van der Waals surface area contributed by atoms with Crippen LogP contribution in [0.1, 0.15) is 21.5 Å². The molecular weight excluding hydrogens is 473 g/mol. The van der Waals surface area contributed by atoms with E-state index < -0.39 is 0 Å². The van der Waals surface area contributed by atoms with Gasteiger partial charge in [-0.2, -0.15) is 0 Å². The molecule has 0 atom stereocenters. The van der Waals surface area contributed by atoms with E-state index in [0.29, 0.717) is 24.2 Å². The van der Waals surface area contributed by atoms with Crippen molar-refractivity contribution in [3.63, 3.8) is 0 Å². The number of amides is 2. The summed E-state index contributed by atoms with van der Waals surface area (Å²) in [6.07, 6.45) is 2.75. The lowest BCUT2D eigenvalue weighted by Gasteiger charge is -2.08. The van der Waals surface area contributed by atoms with E-state index in [9.17, 15) is 14.0 Å². The topological polar surface area (TPSA) is 74.0 Å². The molecule has 0 saturated carbocycles. The van der Waals surface area contributed by atoms with Gasteiger partial charge >= 0.3 is 0 Å². The zero-order valence-electron chi connectivity index (χ0n) is 17.1. The second kappa shape index (κ2) is 9.78. The van der Waals surface area contributed by atoms with Crippen molar-refractivity contribution in [2.75, 3.05) is 11.9 Å². The summed E-state index contributed by atoms with van der Waals surface area (Å²) in [5, 5.41) is 6.72. The van der Waals surface area contributed by atoms with Gasteiger partial charge in [-0.3, -0.25) is 9.59 Å². The number of nitrogens with one attached hydrogen (secondary N) is 3. The summed E-state index contributed by atoms with van der Waals surface area (Å²) in [5.41, 5.74) is 3.87. The lowest BCUT2D eigenvalue weighted by Crippen LogP contribution is -2.27. The second-order valence-corrected chi connectivity index (χ2v) is 8.35. The third-order valence-corrected chi connectivity index (χ3v) is 5.66. The van der Waals surface area contributed by atoms with Gasteiger partial charge in [-0.05, 0) is 72.1 Å². The number of fused-ring (bicyclic) bond motifs is 1. The van der Waals surface area contributed by atoms with Gasteiger partial charge < -0.3 is 15.6 Å². The molecule has 32 heavy (non-hydrogen) atoms. The number of hydrogen-bond donors (Lipinski definition) is 3. The van der Waals surface area contributed by atoms with E-state index in [2.05, 4.69) is 31.5 Å². The number of carbonyl (C=O) groups is 2. The standard InChI is InChI=1S/C25H21BrFN3O2/c26-19-5-3-17(4-6-19)25(32)30-21-8-1-16(2-9-21)13-24(31)28-12-11-18-15-29-23-14-20(27)7-10-22(18)23/h1-10,14-15,29H,11-13H2,(H,28,31)(H,30,32). The van der Waals surface area contributed by atoms with Crippen molar-refractivity contribution in [3.8, 4) is 0 Å². The highest BCUT2D eigenvalue weighted by molar-refractivity contribution is 9.10. The molecule has 4 aromatic rings. The zero-order chi connectivity index (χ0) is 22.5. The molecule has 0 radical (unpaired) electrons. The Hall–Kier alpha value is -3.45. The highest BCUT2D eigenvalue weighted by Gasteiger charge is 2.08. The van der Waals surface area contributed by atoms with Crippen LogP contribution in [0, 0.1) is 5.82 Å². The maximum atomic E-state index is 13.3. The highest BCUT2D eigenvalue weighted by Crippen LogP contribution is 2.19. The van der Waals surface area contributed by atoms with Crippen molar-refractivity contribution < 1.29 is 14.0 Å². The van der Waals surface area contributed by atoms with E-state index in [-0.39, 0.29) is 24.1 Å². The molecule has 0 aliphatic rings. The molecule has 0 aliphatic heterocycles. The molecule has 0 fully saturated rings. The number of benzene rings is 3. The Kier molecular flexibility index (Phi) is 6.66. The summed E-state index contributed by atoms with van der Waals surface area (Å²) in [5.74, 6) is -0.552. The molecule has 0 bridgehead atoms. The lowest BCUT2D eigenvalue weighted by molar-refractivity contribution is -0.120. The Morgan fingerprint density at radius 3 is 2.47 bits per heavy atom. The molecule has 1 aromatic heterocycles. The molecule has 162 valence electrons. The average molecular weight is 494 g/mol. The Bertz CT molecular complexity index is 1250. The Balaban J connectivity index is 1.26. The van der Waals surface area contributed by atoms with Gasteiger partial charge in [-0.15, -0.1) is 0 Å². The van der Waals surface area contributed by atoms with Gasteiger partial charge in [-0.25, -0.2) is 4.39 Å². The molecule has 0 saturated heterocycles. The number of halogens is 2. The Morgan fingerprint density at radius 1 is 0.969 bits per heavy atom. The fourth-order valence-electron chi connectivity index (χ4n) is 3.46. The normalized spacial score (nSPS) is 10.8. The van der Waals surface area contributed by atoms with Crippen molar-refractivity contribution in [2.24, 2.45) is 0 Å². The average Bonchev–Trinajstić information content (AvgIpc) is 3.17. The highest BCUT2D eigenvalue weighted by atomic mass is 79.9. The monoisotopic (exact) mass is 493 g/mol. The minimum atomic E-state index is -0.280. The van der Waals surface area contributed by atoms with Gasteiger partial charge in [0.25, 0.3) is 5.91 Å². The number of anilines is 1. The van der Waals surface area contributed by atoms with Gasteiger partial charge in [-0.1, -0.05) is 28.1 Å². The van der Waals surface area contributed by atoms with Crippen LogP contribution in [0.2, 0.25) is 0 Å². The number of aromatic amines is 1. The molecule has 3 N–H and O–H groups in total. The molecule has 2 amide bonds. The van der Waals surface area contributed by atoms with Gasteiger partial charge in [0, 0.05) is 39.4 Å². The second-order valence-electron chi connectivity index (χ2n) is 7.44. The summed E-state index contributed by atoms with van der Waals surface area (Å²) in [4.78, 5) is 27.6. The number of H-pyrrole nitrogens is 1.